The Morgan fingerprint density at radius 2 is 2.11 bits per heavy atom. The molecule has 0 aliphatic rings. The Labute approximate surface area is 58.4 Å². The average Bonchev–Trinajstić information content (AvgIpc) is 1.80. The number of aromatic nitrogens is 2. The lowest BCUT2D eigenvalue weighted by Gasteiger charge is -1.87. The first-order valence-corrected chi connectivity index (χ1v) is 2.89. The van der Waals surface area contributed by atoms with Gasteiger partial charge in [0.1, 0.15) is 0 Å². The summed E-state index contributed by atoms with van der Waals surface area (Å²) in [7, 11) is 0. The van der Waals surface area contributed by atoms with Gasteiger partial charge in [0, 0.05) is 12.1 Å². The van der Waals surface area contributed by atoms with E-state index in [1.807, 2.05) is 0 Å². The van der Waals surface area contributed by atoms with E-state index in [1.165, 1.54) is 12.1 Å². The van der Waals surface area contributed by atoms with E-state index >= 15 is 0 Å². The molecule has 0 aliphatic carbocycles. The molecule has 1 heterocycles. The van der Waals surface area contributed by atoms with Crippen molar-refractivity contribution in [1.29, 1.82) is 0 Å². The first kappa shape index (κ1) is 6.28. The van der Waals surface area contributed by atoms with Crippen LogP contribution in [0, 0.1) is 0 Å². The number of aromatic amines is 1. The van der Waals surface area contributed by atoms with Crippen LogP contribution >= 0.6 is 16.1 Å². The second-order valence-corrected chi connectivity index (χ2v) is 2.14. The standard InChI is InChI=1S/C4H3BrN2O2/c5-7-4(9)2-1-3(8)6-7/h1-2H,(H,6,8). The van der Waals surface area contributed by atoms with Crippen molar-refractivity contribution in [3.05, 3.63) is 32.8 Å². The van der Waals surface area contributed by atoms with Gasteiger partial charge in [0.05, 0.1) is 16.1 Å². The van der Waals surface area contributed by atoms with Gasteiger partial charge in [0.25, 0.3) is 11.1 Å². The molecule has 0 atom stereocenters. The van der Waals surface area contributed by atoms with E-state index in [2.05, 4.69) is 21.2 Å². The number of H-pyrrole nitrogens is 1. The maximum absolute atomic E-state index is 10.5. The zero-order valence-electron chi connectivity index (χ0n) is 4.30. The number of halogens is 1. The zero-order chi connectivity index (χ0) is 6.85. The fourth-order valence-corrected chi connectivity index (χ4v) is 0.695. The van der Waals surface area contributed by atoms with Gasteiger partial charge in [-0.3, -0.25) is 14.7 Å². The van der Waals surface area contributed by atoms with Crippen molar-refractivity contribution >= 4 is 16.1 Å². The highest BCUT2D eigenvalue weighted by Gasteiger charge is 1.87. The summed E-state index contributed by atoms with van der Waals surface area (Å²) >= 11 is 2.79. The molecule has 0 aliphatic heterocycles. The summed E-state index contributed by atoms with van der Waals surface area (Å²) in [5.74, 6) is 0. The minimum atomic E-state index is -0.313. The molecular formula is C4H3BrN2O2. The van der Waals surface area contributed by atoms with Gasteiger partial charge in [-0.2, -0.15) is 3.71 Å². The van der Waals surface area contributed by atoms with Crippen LogP contribution in [0.4, 0.5) is 0 Å². The molecule has 1 aromatic heterocycles. The van der Waals surface area contributed by atoms with Crippen LogP contribution in [0.25, 0.3) is 0 Å². The van der Waals surface area contributed by atoms with E-state index in [9.17, 15) is 9.59 Å². The van der Waals surface area contributed by atoms with Gasteiger partial charge in [-0.1, -0.05) is 0 Å². The van der Waals surface area contributed by atoms with Crippen molar-refractivity contribution in [2.24, 2.45) is 0 Å². The minimum Gasteiger partial charge on any atom is -0.268 e. The first-order valence-electron chi connectivity index (χ1n) is 2.19. The maximum Gasteiger partial charge on any atom is 0.275 e. The van der Waals surface area contributed by atoms with E-state index in [0.717, 1.165) is 3.71 Å². The van der Waals surface area contributed by atoms with Crippen molar-refractivity contribution < 1.29 is 0 Å². The van der Waals surface area contributed by atoms with Crippen LogP contribution in [0.15, 0.2) is 21.7 Å². The van der Waals surface area contributed by atoms with Gasteiger partial charge in [-0.05, 0) is 0 Å². The summed E-state index contributed by atoms with van der Waals surface area (Å²) in [6, 6.07) is 2.34. The molecule has 0 radical (unpaired) electrons. The smallest absolute Gasteiger partial charge is 0.268 e. The van der Waals surface area contributed by atoms with Crippen LogP contribution in [0.3, 0.4) is 0 Å². The SMILES string of the molecule is O=c1ccc(=O)n(Br)[nH]1. The molecule has 0 saturated heterocycles. The predicted molar refractivity (Wildman–Crippen MR) is 35.6 cm³/mol. The van der Waals surface area contributed by atoms with Crippen molar-refractivity contribution in [3.8, 4) is 0 Å². The third kappa shape index (κ3) is 1.29. The quantitative estimate of drug-likeness (QED) is 0.611. The summed E-state index contributed by atoms with van der Waals surface area (Å²) < 4.78 is 0.940. The van der Waals surface area contributed by atoms with E-state index < -0.39 is 0 Å². The molecule has 5 heteroatoms. The van der Waals surface area contributed by atoms with Crippen molar-refractivity contribution in [3.63, 3.8) is 0 Å². The van der Waals surface area contributed by atoms with Crippen LogP contribution in [-0.4, -0.2) is 8.81 Å². The zero-order valence-corrected chi connectivity index (χ0v) is 5.88. The normalized spacial score (nSPS) is 9.44. The van der Waals surface area contributed by atoms with Gasteiger partial charge < -0.3 is 0 Å². The molecule has 1 aromatic rings. The lowest BCUT2D eigenvalue weighted by molar-refractivity contribution is 0.905. The molecule has 0 fully saturated rings. The van der Waals surface area contributed by atoms with Crippen LogP contribution in [0.5, 0.6) is 0 Å². The fraction of sp³-hybridized carbons (Fsp3) is 0. The Morgan fingerprint density at radius 1 is 1.44 bits per heavy atom. The van der Waals surface area contributed by atoms with E-state index in [-0.39, 0.29) is 11.1 Å². The maximum atomic E-state index is 10.5. The molecule has 4 nitrogen and oxygen atoms in total. The molecule has 9 heavy (non-hydrogen) atoms. The molecule has 0 spiro atoms. The Hall–Kier alpha value is -0.840. The molecule has 0 amide bonds. The highest BCUT2D eigenvalue weighted by molar-refractivity contribution is 9.08. The Bertz CT molecular complexity index is 313. The molecule has 48 valence electrons. The Kier molecular flexibility index (Phi) is 1.52. The molecule has 0 aromatic carbocycles. The summed E-state index contributed by atoms with van der Waals surface area (Å²) in [4.78, 5) is 20.9. The fourth-order valence-electron chi connectivity index (χ4n) is 0.402. The number of nitrogens with one attached hydrogen (secondary N) is 1. The topological polar surface area (TPSA) is 54.9 Å². The number of hydrogen-bond acceptors (Lipinski definition) is 2. The third-order valence-electron chi connectivity index (χ3n) is 0.779. The summed E-state index contributed by atoms with van der Waals surface area (Å²) in [6.45, 7) is 0. The first-order chi connectivity index (χ1) is 4.20. The molecule has 0 saturated carbocycles. The summed E-state index contributed by atoms with van der Waals surface area (Å²) in [5.41, 5.74) is -0.610. The lowest BCUT2D eigenvalue weighted by Crippen LogP contribution is -2.21. The molecule has 0 bridgehead atoms. The number of rotatable bonds is 0. The molecule has 1 N–H and O–H groups in total. The van der Waals surface area contributed by atoms with E-state index in [4.69, 9.17) is 0 Å². The lowest BCUT2D eigenvalue weighted by atomic mass is 10.6. The van der Waals surface area contributed by atoms with Crippen LogP contribution in [0.2, 0.25) is 0 Å². The van der Waals surface area contributed by atoms with E-state index in [1.54, 1.807) is 0 Å². The van der Waals surface area contributed by atoms with Crippen LogP contribution in [-0.2, 0) is 0 Å². The van der Waals surface area contributed by atoms with Gasteiger partial charge in [0.2, 0.25) is 0 Å². The highest BCUT2D eigenvalue weighted by Crippen LogP contribution is 1.73. The number of hydrogen-bond donors (Lipinski definition) is 1. The second-order valence-electron chi connectivity index (χ2n) is 1.43. The molecule has 0 unspecified atom stereocenters. The Balaban J connectivity index is 3.52. The minimum absolute atomic E-state index is 0.297. The largest absolute Gasteiger partial charge is 0.275 e. The summed E-state index contributed by atoms with van der Waals surface area (Å²) in [6.07, 6.45) is 0. The highest BCUT2D eigenvalue weighted by atomic mass is 79.9. The van der Waals surface area contributed by atoms with E-state index in [0.29, 0.717) is 0 Å². The van der Waals surface area contributed by atoms with Gasteiger partial charge >= 0.3 is 0 Å². The monoisotopic (exact) mass is 190 g/mol. The van der Waals surface area contributed by atoms with Crippen LogP contribution < -0.4 is 11.1 Å². The summed E-state index contributed by atoms with van der Waals surface area (Å²) in [5, 5.41) is 2.20. The average molecular weight is 191 g/mol. The number of nitrogens with zero attached hydrogens (tertiary/aromatic N) is 1. The third-order valence-corrected chi connectivity index (χ3v) is 1.31. The van der Waals surface area contributed by atoms with Crippen molar-refractivity contribution in [2.45, 2.75) is 0 Å². The second kappa shape index (κ2) is 2.18. The Morgan fingerprint density at radius 3 is 2.56 bits per heavy atom. The van der Waals surface area contributed by atoms with Crippen molar-refractivity contribution in [1.82, 2.24) is 8.81 Å². The molecular weight excluding hydrogens is 188 g/mol. The van der Waals surface area contributed by atoms with Gasteiger partial charge in [-0.15, -0.1) is 0 Å². The predicted octanol–water partition coefficient (Wildman–Crippen LogP) is -0.305. The van der Waals surface area contributed by atoms with Crippen molar-refractivity contribution in [2.75, 3.05) is 0 Å². The van der Waals surface area contributed by atoms with Crippen LogP contribution in [0.1, 0.15) is 0 Å². The van der Waals surface area contributed by atoms with Gasteiger partial charge in [-0.25, -0.2) is 0 Å². The van der Waals surface area contributed by atoms with Gasteiger partial charge in [0.15, 0.2) is 0 Å². The molecule has 1 rings (SSSR count).